The van der Waals surface area contributed by atoms with Crippen molar-refractivity contribution in [2.75, 3.05) is 6.54 Å². The van der Waals surface area contributed by atoms with E-state index in [1.54, 1.807) is 12.1 Å². The number of benzene rings is 2. The summed E-state index contributed by atoms with van der Waals surface area (Å²) in [5.74, 6) is 0.0664. The Hall–Kier alpha value is -3.52. The number of rotatable bonds is 10. The normalized spacial score (nSPS) is 15.7. The number of nitrogens with zero attached hydrogens (tertiary/aromatic N) is 3. The zero-order valence-corrected chi connectivity index (χ0v) is 23.6. The first-order valence-electron chi connectivity index (χ1n) is 13.8. The van der Waals surface area contributed by atoms with Gasteiger partial charge in [-0.1, -0.05) is 76.3 Å². The first kappa shape index (κ1) is 28.5. The molecule has 0 saturated heterocycles. The molecule has 0 aliphatic heterocycles. The highest BCUT2D eigenvalue weighted by Gasteiger charge is 2.36. The van der Waals surface area contributed by atoms with E-state index in [2.05, 4.69) is 5.32 Å². The summed E-state index contributed by atoms with van der Waals surface area (Å²) < 4.78 is 2.01. The zero-order valence-electron chi connectivity index (χ0n) is 23.6. The quantitative estimate of drug-likeness (QED) is 0.159. The van der Waals surface area contributed by atoms with E-state index >= 15 is 0 Å². The van der Waals surface area contributed by atoms with Crippen molar-refractivity contribution >= 4 is 29.1 Å². The third-order valence-corrected chi connectivity index (χ3v) is 7.88. The van der Waals surface area contributed by atoms with Crippen molar-refractivity contribution in [2.45, 2.75) is 65.8 Å². The first-order valence-corrected chi connectivity index (χ1v) is 13.8. The van der Waals surface area contributed by atoms with Gasteiger partial charge in [0.25, 0.3) is 0 Å². The second-order valence-electron chi connectivity index (χ2n) is 12.0. The fourth-order valence-corrected chi connectivity index (χ4v) is 5.60. The van der Waals surface area contributed by atoms with Crippen molar-refractivity contribution in [1.82, 2.24) is 19.9 Å². The van der Waals surface area contributed by atoms with Crippen LogP contribution in [0.1, 0.15) is 68.8 Å². The van der Waals surface area contributed by atoms with Crippen LogP contribution in [0.4, 0.5) is 0 Å². The number of carbonyl (C=O) groups excluding carboxylic acids is 3. The van der Waals surface area contributed by atoms with Gasteiger partial charge < -0.3 is 9.88 Å². The number of amides is 2. The Bertz CT molecular complexity index is 1330. The van der Waals surface area contributed by atoms with Crippen LogP contribution >= 0.6 is 0 Å². The van der Waals surface area contributed by atoms with Crippen LogP contribution in [-0.4, -0.2) is 50.5 Å². The van der Waals surface area contributed by atoms with Crippen LogP contribution in [0.15, 0.2) is 42.5 Å². The van der Waals surface area contributed by atoms with Gasteiger partial charge >= 0.3 is 0 Å². The maximum Gasteiger partial charge on any atom is 0.233 e. The number of hydrogen-bond donors (Lipinski definition) is 2. The van der Waals surface area contributed by atoms with Gasteiger partial charge in [0, 0.05) is 18.2 Å². The molecule has 2 amide bonds. The van der Waals surface area contributed by atoms with Gasteiger partial charge in [-0.25, -0.2) is 10.0 Å². The Labute approximate surface area is 230 Å². The molecule has 1 aliphatic carbocycles. The molecule has 4 rings (SSSR count). The minimum absolute atomic E-state index is 0.0986. The van der Waals surface area contributed by atoms with E-state index in [1.165, 1.54) is 5.56 Å². The van der Waals surface area contributed by atoms with E-state index in [4.69, 9.17) is 4.98 Å². The summed E-state index contributed by atoms with van der Waals surface area (Å²) in [6.45, 7) is 7.69. The van der Waals surface area contributed by atoms with Crippen molar-refractivity contribution in [1.29, 1.82) is 0 Å². The number of imidazole rings is 1. The predicted octanol–water partition coefficient (Wildman–Crippen LogP) is 5.31. The predicted molar refractivity (Wildman–Crippen MR) is 151 cm³/mol. The van der Waals surface area contributed by atoms with Gasteiger partial charge in [-0.05, 0) is 42.9 Å². The van der Waals surface area contributed by atoms with E-state index in [0.29, 0.717) is 34.9 Å². The Balaban J connectivity index is 1.60. The molecule has 2 atom stereocenters. The fourth-order valence-electron chi connectivity index (χ4n) is 5.60. The largest absolute Gasteiger partial charge is 0.345 e. The van der Waals surface area contributed by atoms with Crippen LogP contribution in [0.25, 0.3) is 22.4 Å². The number of ketones is 1. The molecule has 2 N–H and O–H groups in total. The molecule has 1 saturated carbocycles. The lowest BCUT2D eigenvalue weighted by molar-refractivity contribution is -0.155. The Morgan fingerprint density at radius 2 is 1.82 bits per heavy atom. The number of hydroxylamine groups is 2. The number of nitrogens with one attached hydrogen (secondary N) is 1. The average Bonchev–Trinajstić information content (AvgIpc) is 3.53. The van der Waals surface area contributed by atoms with Crippen LogP contribution in [-0.2, 0) is 16.6 Å². The average molecular weight is 533 g/mol. The molecule has 2 aromatic carbocycles. The number of hydrogen-bond acceptors (Lipinski definition) is 5. The highest BCUT2D eigenvalue weighted by Crippen LogP contribution is 2.32. The van der Waals surface area contributed by atoms with Gasteiger partial charge in [-0.3, -0.25) is 19.6 Å². The van der Waals surface area contributed by atoms with E-state index < -0.39 is 17.4 Å². The second kappa shape index (κ2) is 11.7. The Kier molecular flexibility index (Phi) is 8.54. The minimum Gasteiger partial charge on any atom is -0.345 e. The Morgan fingerprint density at radius 3 is 2.44 bits per heavy atom. The lowest BCUT2D eigenvalue weighted by Gasteiger charge is -2.32. The van der Waals surface area contributed by atoms with Crippen molar-refractivity contribution in [3.63, 3.8) is 0 Å². The minimum atomic E-state index is -0.794. The van der Waals surface area contributed by atoms with Crippen LogP contribution in [0.2, 0.25) is 0 Å². The monoisotopic (exact) mass is 532 g/mol. The molecule has 39 heavy (non-hydrogen) atoms. The van der Waals surface area contributed by atoms with Crippen molar-refractivity contribution in [3.8, 4) is 11.4 Å². The lowest BCUT2D eigenvalue weighted by Crippen LogP contribution is -2.52. The molecule has 8 nitrogen and oxygen atoms in total. The molecule has 0 bridgehead atoms. The van der Waals surface area contributed by atoms with Crippen LogP contribution in [0.5, 0.6) is 0 Å². The molecular formula is C31H40N4O4. The topological polar surface area (TPSA) is 105 Å². The summed E-state index contributed by atoms with van der Waals surface area (Å²) in [5.41, 5.74) is 3.68. The van der Waals surface area contributed by atoms with E-state index in [9.17, 15) is 19.6 Å². The number of carbonyl (C=O) groups is 3. The van der Waals surface area contributed by atoms with Crippen molar-refractivity contribution < 1.29 is 19.6 Å². The lowest BCUT2D eigenvalue weighted by atomic mass is 9.81. The Morgan fingerprint density at radius 1 is 1.15 bits per heavy atom. The van der Waals surface area contributed by atoms with Crippen LogP contribution in [0.3, 0.4) is 0 Å². The molecule has 208 valence electrons. The van der Waals surface area contributed by atoms with Crippen molar-refractivity contribution in [3.05, 3.63) is 53.6 Å². The van der Waals surface area contributed by atoms with Crippen LogP contribution < -0.4 is 5.32 Å². The molecule has 3 aromatic rings. The van der Waals surface area contributed by atoms with Gasteiger partial charge in [0.1, 0.15) is 5.82 Å². The smallest absolute Gasteiger partial charge is 0.233 e. The van der Waals surface area contributed by atoms with Gasteiger partial charge in [-0.2, -0.15) is 0 Å². The SMILES string of the molecule is Cc1ccc(-c2nc3cc(C(=O)[C@@H](NC(=O)[C@H](CC4CCCC4)CN(O)C=O)C(C)(C)C)ccc3n2C)cc1. The summed E-state index contributed by atoms with van der Waals surface area (Å²) >= 11 is 0. The molecule has 1 aliphatic rings. The summed E-state index contributed by atoms with van der Waals surface area (Å²) in [4.78, 5) is 43.3. The molecule has 0 spiro atoms. The molecule has 1 heterocycles. The number of aryl methyl sites for hydroxylation is 2. The molecule has 1 aromatic heterocycles. The van der Waals surface area contributed by atoms with Gasteiger partial charge in [0.15, 0.2) is 5.78 Å². The van der Waals surface area contributed by atoms with Gasteiger partial charge in [-0.15, -0.1) is 0 Å². The number of aromatic nitrogens is 2. The fraction of sp³-hybridized carbons (Fsp3) is 0.484. The van der Waals surface area contributed by atoms with Crippen molar-refractivity contribution in [2.24, 2.45) is 24.3 Å². The highest BCUT2D eigenvalue weighted by atomic mass is 16.5. The van der Waals surface area contributed by atoms with E-state index in [-0.39, 0.29) is 18.2 Å². The van der Waals surface area contributed by atoms with E-state index in [0.717, 1.165) is 42.6 Å². The third-order valence-electron chi connectivity index (χ3n) is 7.88. The molecule has 0 unspecified atom stereocenters. The summed E-state index contributed by atoms with van der Waals surface area (Å²) in [7, 11) is 1.96. The maximum atomic E-state index is 13.9. The van der Waals surface area contributed by atoms with Gasteiger partial charge in [0.05, 0.1) is 29.5 Å². The molecular weight excluding hydrogens is 492 g/mol. The summed E-state index contributed by atoms with van der Waals surface area (Å²) in [6, 6.07) is 12.8. The molecule has 1 fully saturated rings. The number of Topliss-reactive ketones (excluding diaryl/α,β-unsaturated/α-hetero) is 1. The standard InChI is InChI=1S/C31H40N4O4/c1-20-10-12-22(13-11-20)29-32-25-17-23(14-15-26(25)34(29)5)27(37)28(31(2,3)4)33-30(38)24(18-35(39)19-36)16-21-8-6-7-9-21/h10-15,17,19,21,24,28,39H,6-9,16,18H2,1-5H3,(H,33,38)/t24-,28-/m1/s1. The molecule has 8 heteroatoms. The summed E-state index contributed by atoms with van der Waals surface area (Å²) in [5, 5.41) is 13.4. The molecule has 0 radical (unpaired) electrons. The number of fused-ring (bicyclic) bond motifs is 1. The van der Waals surface area contributed by atoms with Crippen LogP contribution in [0, 0.1) is 24.2 Å². The van der Waals surface area contributed by atoms with Gasteiger partial charge in [0.2, 0.25) is 12.3 Å². The second-order valence-corrected chi connectivity index (χ2v) is 12.0. The third kappa shape index (κ3) is 6.56. The van der Waals surface area contributed by atoms with E-state index in [1.807, 2.05) is 69.6 Å². The summed E-state index contributed by atoms with van der Waals surface area (Å²) in [6.07, 6.45) is 5.21. The maximum absolute atomic E-state index is 13.9. The first-order chi connectivity index (χ1) is 18.5. The zero-order chi connectivity index (χ0) is 28.3. The highest BCUT2D eigenvalue weighted by molar-refractivity contribution is 6.04.